The molecule has 0 fully saturated rings. The summed E-state index contributed by atoms with van der Waals surface area (Å²) in [7, 11) is 3.79. The minimum Gasteiger partial charge on any atom is -0.293 e. The van der Waals surface area contributed by atoms with Crippen molar-refractivity contribution in [2.75, 3.05) is 31.9 Å². The van der Waals surface area contributed by atoms with Gasteiger partial charge in [0, 0.05) is 5.56 Å². The Kier molecular flexibility index (Phi) is 4.74. The smallest absolute Gasteiger partial charge is 0.282 e. The van der Waals surface area contributed by atoms with Gasteiger partial charge in [0.2, 0.25) is 0 Å². The largest absolute Gasteiger partial charge is 0.293 e. The molecule has 0 spiro atoms. The van der Waals surface area contributed by atoms with E-state index in [2.05, 4.69) is 10.1 Å². The summed E-state index contributed by atoms with van der Waals surface area (Å²) in [6.07, 6.45) is 1.83. The fourth-order valence-electron chi connectivity index (χ4n) is 3.21. The van der Waals surface area contributed by atoms with Gasteiger partial charge in [-0.3, -0.25) is 19.4 Å². The standard InChI is InChI=1S/C20H19N5O2S/c1-23(2)12-24-16-11-7-5-9-14(16)17(19(24)27)22-25-18(26)13-8-4-6-10-15(13)21-20(25)28-3/h4-11H,12H2,1-3H3/b22-17-. The van der Waals surface area contributed by atoms with E-state index in [1.807, 2.05) is 55.6 Å². The highest BCUT2D eigenvalue weighted by atomic mass is 32.2. The van der Waals surface area contributed by atoms with Crippen molar-refractivity contribution < 1.29 is 4.79 Å². The lowest BCUT2D eigenvalue weighted by atomic mass is 10.1. The summed E-state index contributed by atoms with van der Waals surface area (Å²) in [6, 6.07) is 14.6. The van der Waals surface area contributed by atoms with Crippen LogP contribution in [-0.4, -0.2) is 53.2 Å². The van der Waals surface area contributed by atoms with Crippen molar-refractivity contribution in [3.63, 3.8) is 0 Å². The Morgan fingerprint density at radius 2 is 1.79 bits per heavy atom. The van der Waals surface area contributed by atoms with Gasteiger partial charge in [-0.05, 0) is 38.6 Å². The fourth-order valence-corrected chi connectivity index (χ4v) is 3.69. The first-order valence-corrected chi connectivity index (χ1v) is 9.94. The van der Waals surface area contributed by atoms with Crippen LogP contribution in [0.25, 0.3) is 10.9 Å². The molecule has 3 aromatic rings. The highest BCUT2D eigenvalue weighted by Gasteiger charge is 2.34. The predicted octanol–water partition coefficient (Wildman–Crippen LogP) is 2.24. The van der Waals surface area contributed by atoms with E-state index in [1.165, 1.54) is 16.4 Å². The van der Waals surface area contributed by atoms with E-state index in [1.54, 1.807) is 23.1 Å². The van der Waals surface area contributed by atoms with E-state index < -0.39 is 0 Å². The number of fused-ring (bicyclic) bond motifs is 2. The minimum atomic E-state index is -0.293. The van der Waals surface area contributed by atoms with Gasteiger partial charge in [-0.2, -0.15) is 9.78 Å². The van der Waals surface area contributed by atoms with Gasteiger partial charge in [-0.15, -0.1) is 0 Å². The van der Waals surface area contributed by atoms with Gasteiger partial charge in [0.1, 0.15) is 0 Å². The van der Waals surface area contributed by atoms with Gasteiger partial charge < -0.3 is 0 Å². The number of para-hydroxylation sites is 2. The maximum Gasteiger partial charge on any atom is 0.282 e. The number of carbonyl (C=O) groups excluding carboxylic acids is 1. The molecule has 0 bridgehead atoms. The van der Waals surface area contributed by atoms with Crippen LogP contribution >= 0.6 is 11.8 Å². The first kappa shape index (κ1) is 18.4. The molecular weight excluding hydrogens is 374 g/mol. The average Bonchev–Trinajstić information content (AvgIpc) is 2.95. The number of benzene rings is 2. The van der Waals surface area contributed by atoms with Crippen molar-refractivity contribution in [1.82, 2.24) is 14.6 Å². The molecule has 0 saturated carbocycles. The molecule has 0 saturated heterocycles. The molecule has 1 aromatic heterocycles. The van der Waals surface area contributed by atoms with Crippen LogP contribution < -0.4 is 10.5 Å². The normalized spacial score (nSPS) is 15.1. The number of hydrogen-bond acceptors (Lipinski definition) is 6. The van der Waals surface area contributed by atoms with E-state index in [4.69, 9.17) is 0 Å². The number of rotatable bonds is 4. The zero-order chi connectivity index (χ0) is 19.8. The zero-order valence-electron chi connectivity index (χ0n) is 15.8. The molecule has 142 valence electrons. The number of hydrogen-bond donors (Lipinski definition) is 0. The summed E-state index contributed by atoms with van der Waals surface area (Å²) in [5.74, 6) is -0.234. The minimum absolute atomic E-state index is 0.234. The third kappa shape index (κ3) is 3.00. The molecule has 0 N–H and O–H groups in total. The van der Waals surface area contributed by atoms with E-state index in [0.29, 0.717) is 28.3 Å². The lowest BCUT2D eigenvalue weighted by Gasteiger charge is -2.21. The summed E-state index contributed by atoms with van der Waals surface area (Å²) in [5, 5.41) is 5.39. The van der Waals surface area contributed by atoms with Gasteiger partial charge in [0.05, 0.1) is 23.3 Å². The molecule has 1 amide bonds. The SMILES string of the molecule is CSc1nc2ccccc2c(=O)n1/N=C1\C(=O)N(CN(C)C)c2ccccc21. The Bertz CT molecular complexity index is 1170. The van der Waals surface area contributed by atoms with Gasteiger partial charge in [0.15, 0.2) is 10.9 Å². The Labute approximate surface area is 166 Å². The zero-order valence-corrected chi connectivity index (χ0v) is 16.6. The Hall–Kier alpha value is -2.97. The summed E-state index contributed by atoms with van der Waals surface area (Å²) in [6.45, 7) is 0.426. The first-order chi connectivity index (χ1) is 13.5. The van der Waals surface area contributed by atoms with Crippen molar-refractivity contribution in [3.8, 4) is 0 Å². The van der Waals surface area contributed by atoms with Crippen LogP contribution in [0.5, 0.6) is 0 Å². The molecule has 0 unspecified atom stereocenters. The van der Waals surface area contributed by atoms with Crippen LogP contribution in [0.15, 0.2) is 63.6 Å². The Morgan fingerprint density at radius 1 is 1.07 bits per heavy atom. The first-order valence-electron chi connectivity index (χ1n) is 8.72. The molecule has 0 radical (unpaired) electrons. The number of amides is 1. The molecule has 2 aromatic carbocycles. The average molecular weight is 393 g/mol. The van der Waals surface area contributed by atoms with Crippen LogP contribution in [-0.2, 0) is 4.79 Å². The van der Waals surface area contributed by atoms with E-state index >= 15 is 0 Å². The molecule has 7 nitrogen and oxygen atoms in total. The summed E-state index contributed by atoms with van der Waals surface area (Å²) in [5.41, 5.74) is 2.06. The summed E-state index contributed by atoms with van der Waals surface area (Å²) in [4.78, 5) is 34.2. The van der Waals surface area contributed by atoms with Crippen LogP contribution in [0.3, 0.4) is 0 Å². The van der Waals surface area contributed by atoms with Gasteiger partial charge in [-0.25, -0.2) is 4.98 Å². The second-order valence-corrected chi connectivity index (χ2v) is 7.43. The van der Waals surface area contributed by atoms with Crippen LogP contribution in [0.2, 0.25) is 0 Å². The predicted molar refractivity (Wildman–Crippen MR) is 112 cm³/mol. The second kappa shape index (κ2) is 7.21. The quantitative estimate of drug-likeness (QED) is 0.502. The summed E-state index contributed by atoms with van der Waals surface area (Å²) >= 11 is 1.31. The molecule has 1 aliphatic rings. The Morgan fingerprint density at radius 3 is 2.54 bits per heavy atom. The number of nitrogens with zero attached hydrogens (tertiary/aromatic N) is 5. The molecule has 0 aliphatic carbocycles. The van der Waals surface area contributed by atoms with Crippen molar-refractivity contribution in [2.45, 2.75) is 5.16 Å². The van der Waals surface area contributed by atoms with Gasteiger partial charge >= 0.3 is 0 Å². The molecular formula is C20H19N5O2S. The van der Waals surface area contributed by atoms with E-state index in [-0.39, 0.29) is 17.2 Å². The number of carbonyl (C=O) groups is 1. The molecule has 4 rings (SSSR count). The number of thioether (sulfide) groups is 1. The molecule has 8 heteroatoms. The topological polar surface area (TPSA) is 70.8 Å². The van der Waals surface area contributed by atoms with Gasteiger partial charge in [0.25, 0.3) is 11.5 Å². The van der Waals surface area contributed by atoms with Crippen molar-refractivity contribution in [3.05, 3.63) is 64.4 Å². The van der Waals surface area contributed by atoms with E-state index in [9.17, 15) is 9.59 Å². The fraction of sp³-hybridized carbons (Fsp3) is 0.200. The number of anilines is 1. The third-order valence-corrected chi connectivity index (χ3v) is 5.06. The van der Waals surface area contributed by atoms with Crippen molar-refractivity contribution in [1.29, 1.82) is 0 Å². The lowest BCUT2D eigenvalue weighted by Crippen LogP contribution is -2.38. The second-order valence-electron chi connectivity index (χ2n) is 6.65. The van der Waals surface area contributed by atoms with Gasteiger partial charge in [-0.1, -0.05) is 42.1 Å². The molecule has 28 heavy (non-hydrogen) atoms. The highest BCUT2D eigenvalue weighted by Crippen LogP contribution is 2.29. The van der Waals surface area contributed by atoms with Crippen molar-refractivity contribution in [2.24, 2.45) is 5.10 Å². The molecule has 0 atom stereocenters. The molecule has 2 heterocycles. The maximum atomic E-state index is 13.1. The number of aromatic nitrogens is 2. The van der Waals surface area contributed by atoms with Crippen LogP contribution in [0.1, 0.15) is 5.56 Å². The lowest BCUT2D eigenvalue weighted by molar-refractivity contribution is -0.112. The summed E-state index contributed by atoms with van der Waals surface area (Å²) < 4.78 is 1.23. The highest BCUT2D eigenvalue weighted by molar-refractivity contribution is 7.98. The van der Waals surface area contributed by atoms with Crippen LogP contribution in [0.4, 0.5) is 5.69 Å². The maximum absolute atomic E-state index is 13.1. The molecule has 1 aliphatic heterocycles. The van der Waals surface area contributed by atoms with E-state index in [0.717, 1.165) is 5.69 Å². The van der Waals surface area contributed by atoms with Crippen molar-refractivity contribution >= 4 is 40.0 Å². The van der Waals surface area contributed by atoms with Crippen LogP contribution in [0, 0.1) is 0 Å². The third-order valence-electron chi connectivity index (χ3n) is 4.43. The monoisotopic (exact) mass is 393 g/mol. The Balaban J connectivity index is 1.93.